The number of pyridine rings is 1. The van der Waals surface area contributed by atoms with Gasteiger partial charge in [0.05, 0.1) is 11.7 Å². The first-order valence-corrected chi connectivity index (χ1v) is 8.71. The molecule has 0 spiro atoms. The highest BCUT2D eigenvalue weighted by molar-refractivity contribution is 6.29. The van der Waals surface area contributed by atoms with E-state index in [-0.39, 0.29) is 6.10 Å². The molecule has 0 aliphatic heterocycles. The molecule has 2 rings (SSSR count). The number of ether oxygens (including phenoxy) is 2. The fourth-order valence-electron chi connectivity index (χ4n) is 2.45. The van der Waals surface area contributed by atoms with Gasteiger partial charge in [-0.3, -0.25) is 0 Å². The van der Waals surface area contributed by atoms with Crippen LogP contribution < -0.4 is 9.47 Å². The molecule has 0 aliphatic carbocycles. The summed E-state index contributed by atoms with van der Waals surface area (Å²) in [6.07, 6.45) is 0.0626. The number of hydrogen-bond donors (Lipinski definition) is 0. The smallest absolute Gasteiger partial charge is 0.133 e. The third kappa shape index (κ3) is 4.64. The molecule has 0 amide bonds. The van der Waals surface area contributed by atoms with Crippen LogP contribution in [0.25, 0.3) is 0 Å². The summed E-state index contributed by atoms with van der Waals surface area (Å²) >= 11 is 6.07. The first-order chi connectivity index (χ1) is 11.3. The third-order valence-corrected chi connectivity index (χ3v) is 4.07. The lowest BCUT2D eigenvalue weighted by Crippen LogP contribution is -2.11. The van der Waals surface area contributed by atoms with Crippen molar-refractivity contribution < 1.29 is 9.47 Å². The number of halogens is 1. The van der Waals surface area contributed by atoms with Gasteiger partial charge in [0, 0.05) is 11.8 Å². The van der Waals surface area contributed by atoms with E-state index >= 15 is 0 Å². The van der Waals surface area contributed by atoms with Gasteiger partial charge in [0.1, 0.15) is 23.3 Å². The van der Waals surface area contributed by atoms with E-state index in [1.165, 1.54) is 5.56 Å². The maximum atomic E-state index is 6.09. The van der Waals surface area contributed by atoms with E-state index in [0.29, 0.717) is 17.7 Å². The minimum atomic E-state index is 0.0626. The molecule has 2 aromatic rings. The summed E-state index contributed by atoms with van der Waals surface area (Å²) < 4.78 is 12.0. The molecule has 0 aliphatic rings. The molecule has 24 heavy (non-hydrogen) atoms. The average Bonchev–Trinajstić information content (AvgIpc) is 2.46. The van der Waals surface area contributed by atoms with Gasteiger partial charge in [-0.25, -0.2) is 4.98 Å². The number of nitrogens with zero attached hydrogens (tertiary/aromatic N) is 1. The van der Waals surface area contributed by atoms with Crippen LogP contribution in [-0.4, -0.2) is 11.1 Å². The Morgan fingerprint density at radius 1 is 1.04 bits per heavy atom. The lowest BCUT2D eigenvalue weighted by molar-refractivity contribution is 0.229. The molecule has 4 heteroatoms. The van der Waals surface area contributed by atoms with E-state index < -0.39 is 0 Å². The van der Waals surface area contributed by atoms with E-state index in [2.05, 4.69) is 44.0 Å². The summed E-state index contributed by atoms with van der Waals surface area (Å²) in [5.41, 5.74) is 4.14. The van der Waals surface area contributed by atoms with Crippen molar-refractivity contribution in [3.8, 4) is 11.5 Å². The van der Waals surface area contributed by atoms with Crippen molar-refractivity contribution in [3.63, 3.8) is 0 Å². The van der Waals surface area contributed by atoms with Crippen LogP contribution in [0.4, 0.5) is 0 Å². The van der Waals surface area contributed by atoms with Gasteiger partial charge < -0.3 is 9.47 Å². The largest absolute Gasteiger partial charge is 0.490 e. The van der Waals surface area contributed by atoms with Crippen LogP contribution in [0, 0.1) is 13.8 Å². The molecule has 130 valence electrons. The van der Waals surface area contributed by atoms with Gasteiger partial charge in [0.15, 0.2) is 0 Å². The molecule has 1 aromatic heterocycles. The molecule has 0 bridgehead atoms. The number of hydrogen-bond acceptors (Lipinski definition) is 3. The summed E-state index contributed by atoms with van der Waals surface area (Å²) in [5, 5.41) is 0.435. The second kappa shape index (κ2) is 7.89. The zero-order valence-electron chi connectivity index (χ0n) is 15.3. The van der Waals surface area contributed by atoms with Gasteiger partial charge in [-0.2, -0.15) is 0 Å². The lowest BCUT2D eigenvalue weighted by Gasteiger charge is -2.18. The summed E-state index contributed by atoms with van der Waals surface area (Å²) in [7, 11) is 0. The van der Waals surface area contributed by atoms with E-state index in [9.17, 15) is 0 Å². The van der Waals surface area contributed by atoms with Crippen molar-refractivity contribution in [1.29, 1.82) is 0 Å². The zero-order chi connectivity index (χ0) is 17.9. The Balaban J connectivity index is 2.27. The van der Waals surface area contributed by atoms with Crippen molar-refractivity contribution in [2.75, 3.05) is 0 Å². The van der Waals surface area contributed by atoms with Crippen LogP contribution in [0.15, 0.2) is 24.3 Å². The molecule has 1 aromatic carbocycles. The number of rotatable bonds is 6. The number of aromatic nitrogens is 1. The molecule has 0 saturated carbocycles. The molecule has 0 radical (unpaired) electrons. The standard InChI is InChI=1S/C20H26ClNO2/c1-12(2)16-8-7-14(5)18(9-16)23-11-17-15(6)22-20(21)10-19(17)24-13(3)4/h7-10,12-13H,11H2,1-6H3. The molecule has 3 nitrogen and oxygen atoms in total. The van der Waals surface area contributed by atoms with Crippen molar-refractivity contribution >= 4 is 11.6 Å². The highest BCUT2D eigenvalue weighted by Gasteiger charge is 2.14. The zero-order valence-corrected chi connectivity index (χ0v) is 16.1. The van der Waals surface area contributed by atoms with Crippen LogP contribution in [0.2, 0.25) is 5.15 Å². The Hall–Kier alpha value is -1.74. The highest BCUT2D eigenvalue weighted by atomic mass is 35.5. The Labute approximate surface area is 150 Å². The maximum absolute atomic E-state index is 6.09. The maximum Gasteiger partial charge on any atom is 0.133 e. The highest BCUT2D eigenvalue weighted by Crippen LogP contribution is 2.29. The van der Waals surface area contributed by atoms with Gasteiger partial charge in [-0.15, -0.1) is 0 Å². The third-order valence-electron chi connectivity index (χ3n) is 3.87. The summed E-state index contributed by atoms with van der Waals surface area (Å²) in [6, 6.07) is 8.12. The number of benzene rings is 1. The van der Waals surface area contributed by atoms with Crippen LogP contribution in [0.1, 0.15) is 56.0 Å². The fraction of sp³-hybridized carbons (Fsp3) is 0.450. The lowest BCUT2D eigenvalue weighted by atomic mass is 10.0. The normalized spacial score (nSPS) is 11.2. The first kappa shape index (κ1) is 18.6. The second-order valence-corrected chi connectivity index (χ2v) is 7.03. The van der Waals surface area contributed by atoms with Crippen molar-refractivity contribution in [2.45, 2.75) is 60.2 Å². The van der Waals surface area contributed by atoms with E-state index in [1.54, 1.807) is 6.07 Å². The summed E-state index contributed by atoms with van der Waals surface area (Å²) in [6.45, 7) is 12.7. The van der Waals surface area contributed by atoms with E-state index in [4.69, 9.17) is 21.1 Å². The van der Waals surface area contributed by atoms with Crippen molar-refractivity contribution in [3.05, 3.63) is 51.8 Å². The monoisotopic (exact) mass is 347 g/mol. The van der Waals surface area contributed by atoms with Crippen LogP contribution in [0.3, 0.4) is 0 Å². The van der Waals surface area contributed by atoms with Crippen LogP contribution >= 0.6 is 11.6 Å². The summed E-state index contributed by atoms with van der Waals surface area (Å²) in [5.74, 6) is 2.10. The molecular formula is C20H26ClNO2. The van der Waals surface area contributed by atoms with Gasteiger partial charge >= 0.3 is 0 Å². The minimum absolute atomic E-state index is 0.0626. The van der Waals surface area contributed by atoms with Crippen molar-refractivity contribution in [2.24, 2.45) is 0 Å². The van der Waals surface area contributed by atoms with E-state index in [0.717, 1.165) is 28.3 Å². The molecule has 0 atom stereocenters. The number of aryl methyl sites for hydroxylation is 2. The molecular weight excluding hydrogens is 322 g/mol. The SMILES string of the molecule is Cc1ccc(C(C)C)cc1OCc1c(OC(C)C)cc(Cl)nc1C. The Morgan fingerprint density at radius 2 is 1.75 bits per heavy atom. The Morgan fingerprint density at radius 3 is 2.38 bits per heavy atom. The van der Waals surface area contributed by atoms with Gasteiger partial charge in [0.25, 0.3) is 0 Å². The molecule has 0 saturated heterocycles. The fourth-order valence-corrected chi connectivity index (χ4v) is 2.68. The predicted octanol–water partition coefficient (Wildman–Crippen LogP) is 5.84. The molecule has 1 heterocycles. The minimum Gasteiger partial charge on any atom is -0.490 e. The Bertz CT molecular complexity index is 711. The van der Waals surface area contributed by atoms with Gasteiger partial charge in [-0.05, 0) is 50.8 Å². The summed E-state index contributed by atoms with van der Waals surface area (Å²) in [4.78, 5) is 4.33. The van der Waals surface area contributed by atoms with Crippen LogP contribution in [-0.2, 0) is 6.61 Å². The van der Waals surface area contributed by atoms with Crippen molar-refractivity contribution in [1.82, 2.24) is 4.98 Å². The molecule has 0 N–H and O–H groups in total. The molecule has 0 fully saturated rings. The second-order valence-electron chi connectivity index (χ2n) is 6.64. The first-order valence-electron chi connectivity index (χ1n) is 8.34. The molecule has 0 unspecified atom stereocenters. The van der Waals surface area contributed by atoms with E-state index in [1.807, 2.05) is 20.8 Å². The van der Waals surface area contributed by atoms with Gasteiger partial charge in [-0.1, -0.05) is 37.6 Å². The predicted molar refractivity (Wildman–Crippen MR) is 99.3 cm³/mol. The van der Waals surface area contributed by atoms with Gasteiger partial charge in [0.2, 0.25) is 0 Å². The Kier molecular flexibility index (Phi) is 6.11. The quantitative estimate of drug-likeness (QED) is 0.615. The topological polar surface area (TPSA) is 31.4 Å². The van der Waals surface area contributed by atoms with Crippen LogP contribution in [0.5, 0.6) is 11.5 Å². The average molecular weight is 348 g/mol.